The Bertz CT molecular complexity index is 1400. The SMILES string of the molecule is CNC(CC(=O)NC(Cc1ccc(Cl)cc1)C(=O)N1CCN(C2(Cc3ccccc3)CCN(C)CC2)CC1)c1ccccc1C. The van der Waals surface area contributed by atoms with Gasteiger partial charge in [0.2, 0.25) is 11.8 Å². The second kappa shape index (κ2) is 15.4. The van der Waals surface area contributed by atoms with Crippen LogP contribution in [0.3, 0.4) is 0 Å². The molecule has 2 saturated heterocycles. The summed E-state index contributed by atoms with van der Waals surface area (Å²) < 4.78 is 0. The van der Waals surface area contributed by atoms with E-state index in [-0.39, 0.29) is 29.8 Å². The Morgan fingerprint density at radius 2 is 1.49 bits per heavy atom. The number of carbonyl (C=O) groups is 2. The third-order valence-electron chi connectivity index (χ3n) is 9.84. The third kappa shape index (κ3) is 8.53. The van der Waals surface area contributed by atoms with Crippen molar-refractivity contribution >= 4 is 23.4 Å². The summed E-state index contributed by atoms with van der Waals surface area (Å²) >= 11 is 6.15. The summed E-state index contributed by atoms with van der Waals surface area (Å²) in [5, 5.41) is 7.07. The van der Waals surface area contributed by atoms with Crippen LogP contribution in [0.15, 0.2) is 78.9 Å². The first-order valence-corrected chi connectivity index (χ1v) is 16.7. The highest BCUT2D eigenvalue weighted by Gasteiger charge is 2.41. The zero-order valence-electron chi connectivity index (χ0n) is 27.0. The second-order valence-corrected chi connectivity index (χ2v) is 13.3. The molecule has 2 fully saturated rings. The molecule has 0 saturated carbocycles. The van der Waals surface area contributed by atoms with Crippen LogP contribution in [0.25, 0.3) is 0 Å². The van der Waals surface area contributed by atoms with Gasteiger partial charge in [0.25, 0.3) is 0 Å². The number of carbonyl (C=O) groups excluding carboxylic acids is 2. The van der Waals surface area contributed by atoms with Gasteiger partial charge in [-0.05, 0) is 87.8 Å². The van der Waals surface area contributed by atoms with Crippen LogP contribution < -0.4 is 10.6 Å². The Morgan fingerprint density at radius 3 is 2.13 bits per heavy atom. The van der Waals surface area contributed by atoms with Gasteiger partial charge in [-0.15, -0.1) is 0 Å². The summed E-state index contributed by atoms with van der Waals surface area (Å²) in [5.41, 5.74) is 4.65. The Hall–Kier alpha value is -3.23. The minimum absolute atomic E-state index is 0.0182. The average molecular weight is 630 g/mol. The van der Waals surface area contributed by atoms with E-state index in [4.69, 9.17) is 11.6 Å². The Morgan fingerprint density at radius 1 is 0.844 bits per heavy atom. The fraction of sp³-hybridized carbons (Fsp3) is 0.459. The highest BCUT2D eigenvalue weighted by Crippen LogP contribution is 2.33. The molecule has 0 bridgehead atoms. The summed E-state index contributed by atoms with van der Waals surface area (Å²) in [5.74, 6) is -0.160. The number of aryl methyl sites for hydroxylation is 1. The number of rotatable bonds is 11. The molecule has 2 N–H and O–H groups in total. The molecule has 0 aliphatic carbocycles. The molecule has 8 heteroatoms. The Balaban J connectivity index is 1.28. The molecule has 3 aromatic carbocycles. The highest BCUT2D eigenvalue weighted by atomic mass is 35.5. The van der Waals surface area contributed by atoms with Gasteiger partial charge < -0.3 is 20.4 Å². The number of likely N-dealkylation sites (tertiary alicyclic amines) is 1. The molecule has 2 unspecified atom stereocenters. The van der Waals surface area contributed by atoms with Crippen LogP contribution in [0.1, 0.15) is 47.6 Å². The lowest BCUT2D eigenvalue weighted by Crippen LogP contribution is -2.63. The lowest BCUT2D eigenvalue weighted by atomic mass is 9.80. The van der Waals surface area contributed by atoms with E-state index in [1.165, 1.54) is 5.56 Å². The van der Waals surface area contributed by atoms with Crippen molar-refractivity contribution < 1.29 is 9.59 Å². The molecule has 3 aromatic rings. The number of amides is 2. The van der Waals surface area contributed by atoms with Gasteiger partial charge in [0.15, 0.2) is 0 Å². The molecule has 5 rings (SSSR count). The first-order chi connectivity index (χ1) is 21.8. The summed E-state index contributed by atoms with van der Waals surface area (Å²) in [4.78, 5) is 34.6. The molecule has 45 heavy (non-hydrogen) atoms. The predicted octanol–water partition coefficient (Wildman–Crippen LogP) is 4.88. The molecule has 2 aliphatic heterocycles. The van der Waals surface area contributed by atoms with E-state index in [1.54, 1.807) is 0 Å². The van der Waals surface area contributed by atoms with Crippen LogP contribution in [-0.4, -0.2) is 91.5 Å². The first kappa shape index (κ1) is 33.1. The van der Waals surface area contributed by atoms with E-state index >= 15 is 0 Å². The van der Waals surface area contributed by atoms with E-state index in [9.17, 15) is 9.59 Å². The van der Waals surface area contributed by atoms with Crippen molar-refractivity contribution in [1.82, 2.24) is 25.3 Å². The number of halogens is 1. The largest absolute Gasteiger partial charge is 0.344 e. The summed E-state index contributed by atoms with van der Waals surface area (Å²) in [6, 6.07) is 25.7. The Kier molecular flexibility index (Phi) is 11.3. The van der Waals surface area contributed by atoms with Crippen molar-refractivity contribution in [3.05, 3.63) is 106 Å². The monoisotopic (exact) mass is 629 g/mol. The van der Waals surface area contributed by atoms with Crippen molar-refractivity contribution in [1.29, 1.82) is 0 Å². The van der Waals surface area contributed by atoms with Crippen LogP contribution >= 0.6 is 11.6 Å². The van der Waals surface area contributed by atoms with E-state index in [1.807, 2.05) is 48.3 Å². The standard InChI is InChI=1S/C37H48ClN5O2/c1-28-9-7-8-12-32(28)33(39-2)26-35(44)40-34(25-29-13-15-31(38)16-14-29)36(45)42-21-23-43(24-22-42)37(17-19-41(3)20-18-37)27-30-10-5-4-6-11-30/h4-16,33-34,39H,17-27H2,1-3H3,(H,40,44). The van der Waals surface area contributed by atoms with Gasteiger partial charge in [-0.1, -0.05) is 78.3 Å². The highest BCUT2D eigenvalue weighted by molar-refractivity contribution is 6.30. The van der Waals surface area contributed by atoms with Crippen molar-refractivity contribution in [2.24, 2.45) is 0 Å². The maximum absolute atomic E-state index is 14.1. The summed E-state index contributed by atoms with van der Waals surface area (Å²) in [7, 11) is 4.08. The number of piperazine rings is 1. The molecule has 2 aliphatic rings. The maximum atomic E-state index is 14.1. The first-order valence-electron chi connectivity index (χ1n) is 16.3. The quantitative estimate of drug-likeness (QED) is 0.317. The molecular weight excluding hydrogens is 582 g/mol. The zero-order valence-corrected chi connectivity index (χ0v) is 27.7. The average Bonchev–Trinajstić information content (AvgIpc) is 3.06. The van der Waals surface area contributed by atoms with Gasteiger partial charge in [0.1, 0.15) is 6.04 Å². The molecule has 0 spiro atoms. The number of hydrogen-bond donors (Lipinski definition) is 2. The van der Waals surface area contributed by atoms with Gasteiger partial charge >= 0.3 is 0 Å². The number of benzene rings is 3. The second-order valence-electron chi connectivity index (χ2n) is 12.9. The van der Waals surface area contributed by atoms with Crippen molar-refractivity contribution in [2.45, 2.75) is 56.7 Å². The van der Waals surface area contributed by atoms with Crippen LogP contribution in [0.5, 0.6) is 0 Å². The van der Waals surface area contributed by atoms with Crippen LogP contribution in [0, 0.1) is 6.92 Å². The Labute approximate surface area is 273 Å². The van der Waals surface area contributed by atoms with Crippen molar-refractivity contribution in [3.8, 4) is 0 Å². The normalized spacial score (nSPS) is 18.7. The lowest BCUT2D eigenvalue weighted by Gasteiger charge is -2.51. The molecular formula is C37H48ClN5O2. The topological polar surface area (TPSA) is 67.9 Å². The van der Waals surface area contributed by atoms with E-state index < -0.39 is 6.04 Å². The minimum atomic E-state index is -0.652. The zero-order chi connectivity index (χ0) is 31.8. The third-order valence-corrected chi connectivity index (χ3v) is 10.1. The maximum Gasteiger partial charge on any atom is 0.245 e. The van der Waals surface area contributed by atoms with Crippen LogP contribution in [0.2, 0.25) is 5.02 Å². The minimum Gasteiger partial charge on any atom is -0.344 e. The van der Waals surface area contributed by atoms with Gasteiger partial charge in [0.05, 0.1) is 0 Å². The molecule has 2 atom stereocenters. The van der Waals surface area contributed by atoms with E-state index in [2.05, 4.69) is 76.9 Å². The van der Waals surface area contributed by atoms with Crippen molar-refractivity contribution in [3.63, 3.8) is 0 Å². The molecule has 2 amide bonds. The lowest BCUT2D eigenvalue weighted by molar-refractivity contribution is -0.139. The molecule has 2 heterocycles. The predicted molar refractivity (Wildman–Crippen MR) is 182 cm³/mol. The van der Waals surface area contributed by atoms with Crippen LogP contribution in [0.4, 0.5) is 0 Å². The summed E-state index contributed by atoms with van der Waals surface area (Å²) in [6.07, 6.45) is 3.93. The van der Waals surface area contributed by atoms with Gasteiger partial charge in [-0.3, -0.25) is 14.5 Å². The van der Waals surface area contributed by atoms with Gasteiger partial charge in [-0.25, -0.2) is 0 Å². The van der Waals surface area contributed by atoms with Crippen molar-refractivity contribution in [2.75, 3.05) is 53.4 Å². The van der Waals surface area contributed by atoms with Crippen LogP contribution in [-0.2, 0) is 22.4 Å². The molecule has 240 valence electrons. The van der Waals surface area contributed by atoms with E-state index in [0.717, 1.165) is 62.1 Å². The number of nitrogens with zero attached hydrogens (tertiary/aromatic N) is 3. The number of nitrogens with one attached hydrogen (secondary N) is 2. The molecule has 0 aromatic heterocycles. The smallest absolute Gasteiger partial charge is 0.245 e. The number of hydrogen-bond acceptors (Lipinski definition) is 5. The molecule has 0 radical (unpaired) electrons. The number of piperidine rings is 1. The fourth-order valence-electron chi connectivity index (χ4n) is 7.08. The molecule has 7 nitrogen and oxygen atoms in total. The van der Waals surface area contributed by atoms with E-state index in [0.29, 0.717) is 24.5 Å². The van der Waals surface area contributed by atoms with Gasteiger partial charge in [-0.2, -0.15) is 0 Å². The fourth-order valence-corrected chi connectivity index (χ4v) is 7.20. The van der Waals surface area contributed by atoms with Gasteiger partial charge in [0, 0.05) is 55.6 Å². The summed E-state index contributed by atoms with van der Waals surface area (Å²) in [6.45, 7) is 7.19.